The van der Waals surface area contributed by atoms with Crippen molar-refractivity contribution in [2.45, 2.75) is 33.6 Å². The number of aromatic hydroxyl groups is 2. The Balaban J connectivity index is 0.00000176. The standard InChI is InChI=1S/C27H31N3O3S.C2H6/c1-18(2)22-15-23(27(32)16-26(22)31)25-8-7-24(19(17-28)9-14-34)30(25)21-5-3-20(4-6-21)29-10-12-33-13-11-29;1-2/h3-9,14-18,31-32,34H,10-13,28H2,1-2H3;1-2H3/b14-9-,19-17+;. The highest BCUT2D eigenvalue weighted by Crippen LogP contribution is 2.40. The third-order valence-electron chi connectivity index (χ3n) is 6.14. The van der Waals surface area contributed by atoms with Crippen molar-refractivity contribution in [2.24, 2.45) is 5.73 Å². The number of phenolic OH excluding ortho intramolecular Hbond substituents is 2. The first kappa shape index (κ1) is 27.3. The Morgan fingerprint density at radius 2 is 1.61 bits per heavy atom. The predicted octanol–water partition coefficient (Wildman–Crippen LogP) is 6.28. The lowest BCUT2D eigenvalue weighted by Crippen LogP contribution is -2.36. The molecule has 1 aliphatic heterocycles. The average Bonchev–Trinajstić information content (AvgIpc) is 3.33. The molecule has 1 aliphatic rings. The summed E-state index contributed by atoms with van der Waals surface area (Å²) in [6.45, 7) is 11.2. The third kappa shape index (κ3) is 5.74. The molecule has 0 radical (unpaired) electrons. The van der Waals surface area contributed by atoms with Crippen LogP contribution in [0.4, 0.5) is 5.69 Å². The molecule has 1 aromatic heterocycles. The monoisotopic (exact) mass is 507 g/mol. The molecule has 0 bridgehead atoms. The van der Waals surface area contributed by atoms with Crippen molar-refractivity contribution in [1.29, 1.82) is 0 Å². The largest absolute Gasteiger partial charge is 0.508 e. The first-order chi connectivity index (χ1) is 17.4. The lowest BCUT2D eigenvalue weighted by molar-refractivity contribution is 0.122. The molecule has 2 heterocycles. The Bertz CT molecular complexity index is 1210. The van der Waals surface area contributed by atoms with Crippen LogP contribution < -0.4 is 10.6 Å². The van der Waals surface area contributed by atoms with Crippen LogP contribution in [-0.4, -0.2) is 41.1 Å². The van der Waals surface area contributed by atoms with E-state index in [1.165, 1.54) is 6.07 Å². The van der Waals surface area contributed by atoms with Crippen LogP contribution in [0.15, 0.2) is 66.2 Å². The maximum absolute atomic E-state index is 10.8. The van der Waals surface area contributed by atoms with Gasteiger partial charge in [0.05, 0.1) is 24.6 Å². The maximum atomic E-state index is 10.8. The lowest BCUT2D eigenvalue weighted by Gasteiger charge is -2.29. The smallest absolute Gasteiger partial charge is 0.128 e. The molecule has 0 spiro atoms. The molecule has 7 heteroatoms. The fourth-order valence-corrected chi connectivity index (χ4v) is 4.51. The summed E-state index contributed by atoms with van der Waals surface area (Å²) >= 11 is 4.23. The van der Waals surface area contributed by atoms with Crippen LogP contribution in [0.1, 0.15) is 44.9 Å². The van der Waals surface area contributed by atoms with Gasteiger partial charge in [-0.3, -0.25) is 0 Å². The van der Waals surface area contributed by atoms with Gasteiger partial charge in [-0.05, 0) is 65.4 Å². The Morgan fingerprint density at radius 1 is 0.972 bits per heavy atom. The van der Waals surface area contributed by atoms with Gasteiger partial charge in [0.2, 0.25) is 0 Å². The number of rotatable bonds is 6. The summed E-state index contributed by atoms with van der Waals surface area (Å²) < 4.78 is 7.54. The maximum Gasteiger partial charge on any atom is 0.128 e. The second kappa shape index (κ2) is 12.6. The highest BCUT2D eigenvalue weighted by molar-refractivity contribution is 7.83. The van der Waals surface area contributed by atoms with Crippen molar-refractivity contribution in [3.05, 3.63) is 77.5 Å². The molecule has 0 amide bonds. The summed E-state index contributed by atoms with van der Waals surface area (Å²) in [5.41, 5.74) is 11.9. The van der Waals surface area contributed by atoms with E-state index in [0.717, 1.165) is 60.2 Å². The molecule has 4 N–H and O–H groups in total. The Kier molecular flexibility index (Phi) is 9.56. The van der Waals surface area contributed by atoms with E-state index >= 15 is 0 Å². The summed E-state index contributed by atoms with van der Waals surface area (Å²) in [4.78, 5) is 2.31. The van der Waals surface area contributed by atoms with Crippen molar-refractivity contribution in [1.82, 2.24) is 4.57 Å². The normalized spacial score (nSPS) is 14.3. The zero-order chi connectivity index (χ0) is 26.2. The SMILES string of the molecule is CC.CC(C)c1cc(-c2ccc(C(/C=C\S)=C/N)n2-c2ccc(N3CCOCC3)cc2)c(O)cc1O. The summed E-state index contributed by atoms with van der Waals surface area (Å²) in [6.07, 6.45) is 3.37. The van der Waals surface area contributed by atoms with Crippen LogP contribution >= 0.6 is 12.6 Å². The van der Waals surface area contributed by atoms with Gasteiger partial charge < -0.3 is 30.2 Å². The van der Waals surface area contributed by atoms with Gasteiger partial charge in [0, 0.05) is 47.9 Å². The fourth-order valence-electron chi connectivity index (χ4n) is 4.35. The Morgan fingerprint density at radius 3 is 2.19 bits per heavy atom. The molecule has 6 nitrogen and oxygen atoms in total. The topological polar surface area (TPSA) is 83.9 Å². The molecule has 1 fully saturated rings. The van der Waals surface area contributed by atoms with Crippen molar-refractivity contribution in [3.8, 4) is 28.4 Å². The van der Waals surface area contributed by atoms with E-state index in [9.17, 15) is 10.2 Å². The number of aromatic nitrogens is 1. The summed E-state index contributed by atoms with van der Waals surface area (Å²) in [7, 11) is 0. The number of nitrogens with zero attached hydrogens (tertiary/aromatic N) is 2. The summed E-state index contributed by atoms with van der Waals surface area (Å²) in [6, 6.07) is 15.5. The second-order valence-corrected chi connectivity index (χ2v) is 8.87. The number of benzene rings is 2. The highest BCUT2D eigenvalue weighted by Gasteiger charge is 2.20. The van der Waals surface area contributed by atoms with E-state index in [1.54, 1.807) is 11.6 Å². The number of thiol groups is 1. The number of morpholine rings is 1. The van der Waals surface area contributed by atoms with Gasteiger partial charge in [0.25, 0.3) is 0 Å². The first-order valence-corrected chi connectivity index (χ1v) is 12.9. The second-order valence-electron chi connectivity index (χ2n) is 8.58. The van der Waals surface area contributed by atoms with Crippen LogP contribution in [0, 0.1) is 0 Å². The number of nitrogens with two attached hydrogens (primary N) is 1. The van der Waals surface area contributed by atoms with Crippen molar-refractivity contribution >= 4 is 23.9 Å². The zero-order valence-electron chi connectivity index (χ0n) is 21.5. The number of phenols is 2. The van der Waals surface area contributed by atoms with Crippen molar-refractivity contribution in [2.75, 3.05) is 31.2 Å². The van der Waals surface area contributed by atoms with Gasteiger partial charge in [-0.1, -0.05) is 27.7 Å². The molecule has 192 valence electrons. The minimum atomic E-state index is 0.0146. The van der Waals surface area contributed by atoms with Crippen LogP contribution in [0.3, 0.4) is 0 Å². The van der Waals surface area contributed by atoms with Gasteiger partial charge in [-0.2, -0.15) is 12.6 Å². The van der Waals surface area contributed by atoms with Gasteiger partial charge in [0.15, 0.2) is 0 Å². The molecular formula is C29H37N3O3S. The quantitative estimate of drug-likeness (QED) is 0.233. The lowest BCUT2D eigenvalue weighted by atomic mass is 9.97. The molecule has 0 saturated carbocycles. The summed E-state index contributed by atoms with van der Waals surface area (Å²) in [5.74, 6) is 0.201. The van der Waals surface area contributed by atoms with Crippen LogP contribution in [-0.2, 0) is 4.74 Å². The van der Waals surface area contributed by atoms with Crippen molar-refractivity contribution in [3.63, 3.8) is 0 Å². The zero-order valence-corrected chi connectivity index (χ0v) is 22.4. The van der Waals surface area contributed by atoms with Gasteiger partial charge in [-0.15, -0.1) is 0 Å². The van der Waals surface area contributed by atoms with Crippen molar-refractivity contribution < 1.29 is 14.9 Å². The van der Waals surface area contributed by atoms with E-state index in [2.05, 4.69) is 46.4 Å². The number of allylic oxidation sites excluding steroid dienone is 2. The van der Waals surface area contributed by atoms with E-state index in [-0.39, 0.29) is 17.4 Å². The number of ether oxygens (including phenoxy) is 1. The van der Waals surface area contributed by atoms with Gasteiger partial charge >= 0.3 is 0 Å². The van der Waals surface area contributed by atoms with E-state index < -0.39 is 0 Å². The van der Waals surface area contributed by atoms with Crippen LogP contribution in [0.5, 0.6) is 11.5 Å². The molecular weight excluding hydrogens is 470 g/mol. The molecule has 2 aromatic carbocycles. The summed E-state index contributed by atoms with van der Waals surface area (Å²) in [5, 5.41) is 22.8. The minimum absolute atomic E-state index is 0.0146. The van der Waals surface area contributed by atoms with Gasteiger partial charge in [0.1, 0.15) is 11.5 Å². The third-order valence-corrected chi connectivity index (χ3v) is 6.29. The average molecular weight is 508 g/mol. The molecule has 3 aromatic rings. The van der Waals surface area contributed by atoms with E-state index in [4.69, 9.17) is 10.5 Å². The first-order valence-electron chi connectivity index (χ1n) is 12.4. The molecule has 4 rings (SSSR count). The number of hydrogen-bond acceptors (Lipinski definition) is 6. The fraction of sp³-hybridized carbons (Fsp3) is 0.310. The minimum Gasteiger partial charge on any atom is -0.508 e. The van der Waals surface area contributed by atoms with Gasteiger partial charge in [-0.25, -0.2) is 0 Å². The van der Waals surface area contributed by atoms with Crippen LogP contribution in [0.2, 0.25) is 0 Å². The predicted molar refractivity (Wildman–Crippen MR) is 153 cm³/mol. The highest BCUT2D eigenvalue weighted by atomic mass is 32.1. The van der Waals surface area contributed by atoms with E-state index in [1.807, 2.05) is 52.0 Å². The molecule has 36 heavy (non-hydrogen) atoms. The van der Waals surface area contributed by atoms with E-state index in [0.29, 0.717) is 5.56 Å². The molecule has 0 unspecified atom stereocenters. The molecule has 0 atom stereocenters. The number of anilines is 1. The molecule has 0 aliphatic carbocycles. The Labute approximate surface area is 219 Å². The molecule has 1 saturated heterocycles. The van der Waals surface area contributed by atoms with Crippen LogP contribution in [0.25, 0.3) is 22.5 Å². The Hall–Kier alpha value is -3.29. The number of hydrogen-bond donors (Lipinski definition) is 4.